The summed E-state index contributed by atoms with van der Waals surface area (Å²) in [6.45, 7) is -0.352. The molecule has 3 N–H and O–H groups in total. The molecule has 4 rings (SSSR count). The maximum absolute atomic E-state index is 10.1. The standard InChI is InChI=1S/C25H31ClO6/c1-30-21-3-2-4-22(21)31-18-8-5-15(6-9-18)11-17-12-16(7-10-19(17)26)23-13-20(28)25(29)24(14-27)32-23/h5-10,12,20-25,27-29H,2-4,11,13-14H2,1H3/t20-,21+,22-,23-,24-,25+/m1/s1. The molecule has 0 unspecified atom stereocenters. The average molecular weight is 463 g/mol. The van der Waals surface area contributed by atoms with E-state index in [9.17, 15) is 15.3 Å². The normalized spacial score (nSPS) is 30.4. The first-order valence-corrected chi connectivity index (χ1v) is 11.6. The Kier molecular flexibility index (Phi) is 7.71. The third-order valence-electron chi connectivity index (χ3n) is 6.49. The molecule has 0 bridgehead atoms. The van der Waals surface area contributed by atoms with Crippen LogP contribution < -0.4 is 4.74 Å². The number of hydrogen-bond donors (Lipinski definition) is 3. The summed E-state index contributed by atoms with van der Waals surface area (Å²) in [6, 6.07) is 13.7. The molecule has 0 radical (unpaired) electrons. The summed E-state index contributed by atoms with van der Waals surface area (Å²) in [5, 5.41) is 30.2. The number of aliphatic hydroxyl groups excluding tert-OH is 3. The summed E-state index contributed by atoms with van der Waals surface area (Å²) in [7, 11) is 1.73. The van der Waals surface area contributed by atoms with Gasteiger partial charge in [-0.05, 0) is 60.6 Å². The Bertz CT molecular complexity index is 889. The molecule has 2 fully saturated rings. The van der Waals surface area contributed by atoms with E-state index in [-0.39, 0.29) is 25.2 Å². The SMILES string of the molecule is CO[C@H]1CCC[C@H]1Oc1ccc(Cc2cc([C@H]3C[C@@H](O)[C@H](O)[C@@H](CO)O3)ccc2Cl)cc1. The molecule has 1 saturated heterocycles. The summed E-state index contributed by atoms with van der Waals surface area (Å²) in [5.74, 6) is 0.834. The zero-order valence-electron chi connectivity index (χ0n) is 18.2. The Morgan fingerprint density at radius 1 is 1.06 bits per heavy atom. The maximum atomic E-state index is 10.1. The summed E-state index contributed by atoms with van der Waals surface area (Å²) < 4.78 is 17.4. The fraction of sp³-hybridized carbons (Fsp3) is 0.520. The van der Waals surface area contributed by atoms with Gasteiger partial charge in [0.1, 0.15) is 24.1 Å². The van der Waals surface area contributed by atoms with Crippen molar-refractivity contribution in [1.82, 2.24) is 0 Å². The highest BCUT2D eigenvalue weighted by Gasteiger charge is 2.37. The molecule has 1 aliphatic heterocycles. The number of benzene rings is 2. The van der Waals surface area contributed by atoms with Crippen molar-refractivity contribution >= 4 is 11.6 Å². The highest BCUT2D eigenvalue weighted by molar-refractivity contribution is 6.31. The number of rotatable bonds is 7. The van der Waals surface area contributed by atoms with E-state index >= 15 is 0 Å². The van der Waals surface area contributed by atoms with Crippen LogP contribution in [0.1, 0.15) is 48.5 Å². The molecule has 174 valence electrons. The van der Waals surface area contributed by atoms with Gasteiger partial charge in [-0.2, -0.15) is 0 Å². The van der Waals surface area contributed by atoms with Crippen molar-refractivity contribution < 1.29 is 29.5 Å². The molecule has 6 atom stereocenters. The van der Waals surface area contributed by atoms with Crippen molar-refractivity contribution in [1.29, 1.82) is 0 Å². The minimum Gasteiger partial charge on any atom is -0.488 e. The zero-order valence-corrected chi connectivity index (χ0v) is 18.9. The molecule has 6 nitrogen and oxygen atoms in total. The predicted octanol–water partition coefficient (Wildman–Crippen LogP) is 3.42. The zero-order chi connectivity index (χ0) is 22.7. The molecular weight excluding hydrogens is 432 g/mol. The Morgan fingerprint density at radius 2 is 1.81 bits per heavy atom. The van der Waals surface area contributed by atoms with Gasteiger partial charge in [0.05, 0.1) is 24.9 Å². The highest BCUT2D eigenvalue weighted by Crippen LogP contribution is 2.34. The second-order valence-electron chi connectivity index (χ2n) is 8.67. The van der Waals surface area contributed by atoms with Gasteiger partial charge in [-0.1, -0.05) is 35.9 Å². The number of aliphatic hydroxyl groups is 3. The number of halogens is 1. The Morgan fingerprint density at radius 3 is 2.53 bits per heavy atom. The van der Waals surface area contributed by atoms with E-state index in [0.717, 1.165) is 41.7 Å². The topological polar surface area (TPSA) is 88.4 Å². The Hall–Kier alpha value is -1.67. The molecule has 2 aromatic carbocycles. The lowest BCUT2D eigenvalue weighted by molar-refractivity contribution is -0.181. The van der Waals surface area contributed by atoms with Crippen molar-refractivity contribution in [3.05, 3.63) is 64.2 Å². The van der Waals surface area contributed by atoms with E-state index in [1.807, 2.05) is 42.5 Å². The molecule has 2 aromatic rings. The van der Waals surface area contributed by atoms with Gasteiger partial charge in [-0.3, -0.25) is 0 Å². The van der Waals surface area contributed by atoms with Crippen LogP contribution in [0.25, 0.3) is 0 Å². The van der Waals surface area contributed by atoms with Gasteiger partial charge in [-0.15, -0.1) is 0 Å². The van der Waals surface area contributed by atoms with Crippen LogP contribution in [0.2, 0.25) is 5.02 Å². The third-order valence-corrected chi connectivity index (χ3v) is 6.86. The van der Waals surface area contributed by atoms with Crippen LogP contribution >= 0.6 is 11.6 Å². The summed E-state index contributed by atoms with van der Waals surface area (Å²) in [6.07, 6.45) is 1.05. The van der Waals surface area contributed by atoms with Gasteiger partial charge in [0.15, 0.2) is 0 Å². The van der Waals surface area contributed by atoms with Crippen LogP contribution in [0.4, 0.5) is 0 Å². The average Bonchev–Trinajstić information content (AvgIpc) is 3.25. The smallest absolute Gasteiger partial charge is 0.125 e. The lowest BCUT2D eigenvalue weighted by Gasteiger charge is -2.36. The van der Waals surface area contributed by atoms with Gasteiger partial charge in [0.2, 0.25) is 0 Å². The molecular formula is C25H31ClO6. The van der Waals surface area contributed by atoms with E-state index in [1.165, 1.54) is 0 Å². The highest BCUT2D eigenvalue weighted by atomic mass is 35.5. The molecule has 32 heavy (non-hydrogen) atoms. The number of methoxy groups -OCH3 is 1. The first-order valence-electron chi connectivity index (χ1n) is 11.2. The molecule has 0 amide bonds. The minimum atomic E-state index is -1.09. The van der Waals surface area contributed by atoms with Crippen LogP contribution in [0.15, 0.2) is 42.5 Å². The lowest BCUT2D eigenvalue weighted by atomic mass is 9.92. The Balaban J connectivity index is 1.44. The van der Waals surface area contributed by atoms with Gasteiger partial charge in [-0.25, -0.2) is 0 Å². The van der Waals surface area contributed by atoms with E-state index in [4.69, 9.17) is 25.8 Å². The summed E-state index contributed by atoms with van der Waals surface area (Å²) in [4.78, 5) is 0. The molecule has 2 aliphatic rings. The maximum Gasteiger partial charge on any atom is 0.125 e. The number of ether oxygens (including phenoxy) is 3. The van der Waals surface area contributed by atoms with E-state index in [2.05, 4.69) is 0 Å². The van der Waals surface area contributed by atoms with Crippen LogP contribution in [-0.2, 0) is 15.9 Å². The molecule has 0 aromatic heterocycles. The van der Waals surface area contributed by atoms with Crippen LogP contribution in [0, 0.1) is 0 Å². The predicted molar refractivity (Wildman–Crippen MR) is 121 cm³/mol. The van der Waals surface area contributed by atoms with Crippen molar-refractivity contribution in [3.63, 3.8) is 0 Å². The van der Waals surface area contributed by atoms with E-state index in [0.29, 0.717) is 11.4 Å². The van der Waals surface area contributed by atoms with Crippen LogP contribution in [-0.4, -0.2) is 59.6 Å². The molecule has 0 spiro atoms. The fourth-order valence-corrected chi connectivity index (χ4v) is 4.81. The van der Waals surface area contributed by atoms with Crippen molar-refractivity contribution in [3.8, 4) is 5.75 Å². The first kappa shape index (κ1) is 23.5. The fourth-order valence-electron chi connectivity index (χ4n) is 4.63. The molecule has 7 heteroatoms. The quantitative estimate of drug-likeness (QED) is 0.584. The van der Waals surface area contributed by atoms with Crippen molar-refractivity contribution in [2.75, 3.05) is 13.7 Å². The van der Waals surface area contributed by atoms with Gasteiger partial charge >= 0.3 is 0 Å². The van der Waals surface area contributed by atoms with Gasteiger partial charge < -0.3 is 29.5 Å². The minimum absolute atomic E-state index is 0.101. The first-order chi connectivity index (χ1) is 15.5. The molecule has 1 heterocycles. The number of hydrogen-bond acceptors (Lipinski definition) is 6. The van der Waals surface area contributed by atoms with Crippen LogP contribution in [0.3, 0.4) is 0 Å². The Labute approximate surface area is 193 Å². The summed E-state index contributed by atoms with van der Waals surface area (Å²) >= 11 is 6.46. The molecule has 1 aliphatic carbocycles. The van der Waals surface area contributed by atoms with Crippen molar-refractivity contribution in [2.24, 2.45) is 0 Å². The van der Waals surface area contributed by atoms with E-state index in [1.54, 1.807) is 7.11 Å². The monoisotopic (exact) mass is 462 g/mol. The van der Waals surface area contributed by atoms with E-state index < -0.39 is 24.4 Å². The second-order valence-corrected chi connectivity index (χ2v) is 9.08. The molecule has 1 saturated carbocycles. The van der Waals surface area contributed by atoms with Gasteiger partial charge in [0.25, 0.3) is 0 Å². The second kappa shape index (κ2) is 10.5. The van der Waals surface area contributed by atoms with Crippen LogP contribution in [0.5, 0.6) is 5.75 Å². The third kappa shape index (κ3) is 5.28. The van der Waals surface area contributed by atoms with Gasteiger partial charge in [0, 0.05) is 18.6 Å². The lowest BCUT2D eigenvalue weighted by Crippen LogP contribution is -2.47. The largest absolute Gasteiger partial charge is 0.488 e. The van der Waals surface area contributed by atoms with Crippen molar-refractivity contribution in [2.45, 2.75) is 68.7 Å². The summed E-state index contributed by atoms with van der Waals surface area (Å²) in [5.41, 5.74) is 2.90.